The van der Waals surface area contributed by atoms with Gasteiger partial charge in [0.25, 0.3) is 0 Å². The van der Waals surface area contributed by atoms with Crippen LogP contribution in [0.25, 0.3) is 0 Å². The van der Waals surface area contributed by atoms with E-state index in [1.807, 2.05) is 26.0 Å². The fraction of sp³-hybridized carbons (Fsp3) is 0.353. The Morgan fingerprint density at radius 1 is 1.21 bits per heavy atom. The summed E-state index contributed by atoms with van der Waals surface area (Å²) in [5, 5.41) is 3.47. The molecule has 4 nitrogen and oxygen atoms in total. The van der Waals surface area contributed by atoms with Gasteiger partial charge in [0.15, 0.2) is 5.16 Å². The maximum absolute atomic E-state index is 13.4. The van der Waals surface area contributed by atoms with Crippen molar-refractivity contribution < 1.29 is 9.18 Å². The van der Waals surface area contributed by atoms with Crippen LogP contribution in [0, 0.1) is 19.7 Å². The van der Waals surface area contributed by atoms with Crippen molar-refractivity contribution in [1.82, 2.24) is 15.3 Å². The predicted molar refractivity (Wildman–Crippen MR) is 97.8 cm³/mol. The third kappa shape index (κ3) is 6.49. The van der Waals surface area contributed by atoms with E-state index in [1.54, 1.807) is 23.9 Å². The van der Waals surface area contributed by atoms with Gasteiger partial charge in [-0.25, -0.2) is 14.4 Å². The zero-order chi connectivity index (χ0) is 17.4. The SMILES string of the molecule is Cc1cc(C)nc(SCC(=O)NCCSCc2ccccc2F)n1. The zero-order valence-electron chi connectivity index (χ0n) is 13.7. The summed E-state index contributed by atoms with van der Waals surface area (Å²) in [6.45, 7) is 4.38. The standard InChI is InChI=1S/C17H20FN3OS2/c1-12-9-13(2)21-17(20-12)24-11-16(22)19-7-8-23-10-14-5-3-4-6-15(14)18/h3-6,9H,7-8,10-11H2,1-2H3,(H,19,22). The summed E-state index contributed by atoms with van der Waals surface area (Å²) in [5.41, 5.74) is 2.49. The number of benzene rings is 1. The molecule has 1 aromatic heterocycles. The minimum Gasteiger partial charge on any atom is -0.355 e. The van der Waals surface area contributed by atoms with Crippen molar-refractivity contribution in [3.8, 4) is 0 Å². The monoisotopic (exact) mass is 365 g/mol. The van der Waals surface area contributed by atoms with Crippen LogP contribution in [0.15, 0.2) is 35.5 Å². The predicted octanol–water partition coefficient (Wildman–Crippen LogP) is 3.37. The minimum absolute atomic E-state index is 0.0470. The molecule has 0 bridgehead atoms. The highest BCUT2D eigenvalue weighted by atomic mass is 32.2. The van der Waals surface area contributed by atoms with Crippen molar-refractivity contribution in [2.45, 2.75) is 24.8 Å². The topological polar surface area (TPSA) is 54.9 Å². The number of hydrogen-bond acceptors (Lipinski definition) is 5. The molecule has 2 aromatic rings. The van der Waals surface area contributed by atoms with E-state index in [0.29, 0.717) is 28.8 Å². The average molecular weight is 365 g/mol. The molecular formula is C17H20FN3OS2. The molecule has 0 saturated carbocycles. The first-order valence-corrected chi connectivity index (χ1v) is 9.71. The molecule has 1 heterocycles. The Hall–Kier alpha value is -1.60. The fourth-order valence-electron chi connectivity index (χ4n) is 2.00. The number of nitrogens with one attached hydrogen (secondary N) is 1. The van der Waals surface area contributed by atoms with Crippen LogP contribution in [0.1, 0.15) is 17.0 Å². The molecular weight excluding hydrogens is 345 g/mol. The van der Waals surface area contributed by atoms with Gasteiger partial charge in [-0.1, -0.05) is 30.0 Å². The highest BCUT2D eigenvalue weighted by molar-refractivity contribution is 7.99. The first-order valence-electron chi connectivity index (χ1n) is 7.57. The third-order valence-electron chi connectivity index (χ3n) is 3.08. The van der Waals surface area contributed by atoms with Gasteiger partial charge in [0, 0.05) is 29.4 Å². The van der Waals surface area contributed by atoms with E-state index in [0.717, 1.165) is 17.1 Å². The van der Waals surface area contributed by atoms with E-state index in [2.05, 4.69) is 15.3 Å². The van der Waals surface area contributed by atoms with Crippen molar-refractivity contribution in [2.75, 3.05) is 18.1 Å². The second-order valence-corrected chi connectivity index (χ2v) is 7.26. The molecule has 7 heteroatoms. The first-order chi connectivity index (χ1) is 11.5. The number of aryl methyl sites for hydroxylation is 2. The molecule has 0 unspecified atom stereocenters. The van der Waals surface area contributed by atoms with Crippen LogP contribution < -0.4 is 5.32 Å². The summed E-state index contributed by atoms with van der Waals surface area (Å²) in [4.78, 5) is 20.4. The van der Waals surface area contributed by atoms with Gasteiger partial charge in [-0.2, -0.15) is 11.8 Å². The van der Waals surface area contributed by atoms with Crippen LogP contribution in [0.4, 0.5) is 4.39 Å². The normalized spacial score (nSPS) is 10.6. The van der Waals surface area contributed by atoms with Crippen LogP contribution in [0.2, 0.25) is 0 Å². The second kappa shape index (κ2) is 9.64. The van der Waals surface area contributed by atoms with Crippen LogP contribution in [-0.2, 0) is 10.5 Å². The van der Waals surface area contributed by atoms with Crippen molar-refractivity contribution in [3.63, 3.8) is 0 Å². The molecule has 0 radical (unpaired) electrons. The molecule has 0 fully saturated rings. The van der Waals surface area contributed by atoms with E-state index in [4.69, 9.17) is 0 Å². The Balaban J connectivity index is 1.62. The van der Waals surface area contributed by atoms with Crippen LogP contribution in [0.3, 0.4) is 0 Å². The summed E-state index contributed by atoms with van der Waals surface area (Å²) in [6.07, 6.45) is 0. The van der Waals surface area contributed by atoms with Crippen molar-refractivity contribution >= 4 is 29.4 Å². The number of carbonyl (C=O) groups is 1. The molecule has 1 aromatic carbocycles. The van der Waals surface area contributed by atoms with Gasteiger partial charge in [0.1, 0.15) is 5.82 Å². The lowest BCUT2D eigenvalue weighted by molar-refractivity contribution is -0.118. The number of halogens is 1. The van der Waals surface area contributed by atoms with Gasteiger partial charge in [-0.05, 0) is 31.5 Å². The quantitative estimate of drug-likeness (QED) is 0.442. The van der Waals surface area contributed by atoms with E-state index >= 15 is 0 Å². The molecule has 2 rings (SSSR count). The van der Waals surface area contributed by atoms with Gasteiger partial charge in [0.2, 0.25) is 5.91 Å². The first kappa shape index (κ1) is 18.7. The Labute approximate surface area is 150 Å². The van der Waals surface area contributed by atoms with Crippen molar-refractivity contribution in [3.05, 3.63) is 53.1 Å². The Kier molecular flexibility index (Phi) is 7.52. The summed E-state index contributed by atoms with van der Waals surface area (Å²) in [7, 11) is 0. The number of amides is 1. The molecule has 1 N–H and O–H groups in total. The van der Waals surface area contributed by atoms with Gasteiger partial charge in [0.05, 0.1) is 5.75 Å². The number of rotatable bonds is 8. The fourth-order valence-corrected chi connectivity index (χ4v) is 3.62. The molecule has 0 atom stereocenters. The maximum atomic E-state index is 13.4. The Morgan fingerprint density at radius 3 is 2.62 bits per heavy atom. The molecule has 0 spiro atoms. The van der Waals surface area contributed by atoms with Crippen LogP contribution >= 0.6 is 23.5 Å². The second-order valence-electron chi connectivity index (χ2n) is 5.22. The van der Waals surface area contributed by atoms with Crippen LogP contribution in [-0.4, -0.2) is 33.9 Å². The van der Waals surface area contributed by atoms with Gasteiger partial charge >= 0.3 is 0 Å². The van der Waals surface area contributed by atoms with Crippen molar-refractivity contribution in [2.24, 2.45) is 0 Å². The largest absolute Gasteiger partial charge is 0.355 e. The number of carbonyl (C=O) groups excluding carboxylic acids is 1. The number of aromatic nitrogens is 2. The van der Waals surface area contributed by atoms with Gasteiger partial charge in [-0.15, -0.1) is 0 Å². The molecule has 0 aliphatic carbocycles. The lowest BCUT2D eigenvalue weighted by Crippen LogP contribution is -2.27. The third-order valence-corrected chi connectivity index (χ3v) is 4.93. The molecule has 0 aliphatic heterocycles. The van der Waals surface area contributed by atoms with Gasteiger partial charge in [-0.3, -0.25) is 4.79 Å². The van der Waals surface area contributed by atoms with Crippen molar-refractivity contribution in [1.29, 1.82) is 0 Å². The number of hydrogen-bond donors (Lipinski definition) is 1. The number of nitrogens with zero attached hydrogens (tertiary/aromatic N) is 2. The molecule has 0 aliphatic rings. The van der Waals surface area contributed by atoms with Crippen LogP contribution in [0.5, 0.6) is 0 Å². The van der Waals surface area contributed by atoms with E-state index in [9.17, 15) is 9.18 Å². The maximum Gasteiger partial charge on any atom is 0.230 e. The van der Waals surface area contributed by atoms with E-state index in [1.165, 1.54) is 17.8 Å². The van der Waals surface area contributed by atoms with Gasteiger partial charge < -0.3 is 5.32 Å². The molecule has 1 amide bonds. The van der Waals surface area contributed by atoms with E-state index in [-0.39, 0.29) is 11.7 Å². The molecule has 128 valence electrons. The molecule has 0 saturated heterocycles. The van der Waals surface area contributed by atoms with E-state index < -0.39 is 0 Å². The Bertz CT molecular complexity index is 677. The lowest BCUT2D eigenvalue weighted by Gasteiger charge is -2.06. The molecule has 24 heavy (non-hydrogen) atoms. The lowest BCUT2D eigenvalue weighted by atomic mass is 10.2. The highest BCUT2D eigenvalue weighted by Gasteiger charge is 2.06. The Morgan fingerprint density at radius 2 is 1.92 bits per heavy atom. The average Bonchev–Trinajstić information content (AvgIpc) is 2.53. The number of thioether (sulfide) groups is 2. The smallest absolute Gasteiger partial charge is 0.230 e. The summed E-state index contributed by atoms with van der Waals surface area (Å²) >= 11 is 2.92. The summed E-state index contributed by atoms with van der Waals surface area (Å²) in [6, 6.07) is 8.65. The zero-order valence-corrected chi connectivity index (χ0v) is 15.3. The highest BCUT2D eigenvalue weighted by Crippen LogP contribution is 2.15. The summed E-state index contributed by atoms with van der Waals surface area (Å²) < 4.78 is 13.4. The summed E-state index contributed by atoms with van der Waals surface area (Å²) in [5.74, 6) is 1.41. The minimum atomic E-state index is -0.182.